The number of halogens is 2. The van der Waals surface area contributed by atoms with Crippen LogP contribution < -0.4 is 5.32 Å². The van der Waals surface area contributed by atoms with Gasteiger partial charge in [0.05, 0.1) is 10.0 Å². The Kier molecular flexibility index (Phi) is 5.84. The number of hydrogen-bond acceptors (Lipinski definition) is 3. The van der Waals surface area contributed by atoms with E-state index >= 15 is 0 Å². The number of hydrogen-bond donors (Lipinski definition) is 1. The predicted molar refractivity (Wildman–Crippen MR) is 116 cm³/mol. The lowest BCUT2D eigenvalue weighted by Gasteiger charge is -2.14. The van der Waals surface area contributed by atoms with E-state index in [9.17, 15) is 4.79 Å². The number of benzene rings is 2. The molecule has 2 aromatic carbocycles. The molecule has 29 heavy (non-hydrogen) atoms. The maximum absolute atomic E-state index is 12.1. The van der Waals surface area contributed by atoms with Crippen molar-refractivity contribution in [2.24, 2.45) is 0 Å². The molecule has 1 aliphatic rings. The zero-order valence-electron chi connectivity index (χ0n) is 15.4. The standard InChI is InChI=1S/C23H18Cl2N2O2/c24-21-12-26-13-22(25)19(21)10-5-11-27-23(28)29-14-20-17-8-3-1-6-15(17)16-7-2-4-9-18(16)20/h1-10,12-13,20H,11,14H2,(H,27,28). The zero-order chi connectivity index (χ0) is 20.2. The minimum atomic E-state index is -0.469. The Labute approximate surface area is 179 Å². The lowest BCUT2D eigenvalue weighted by atomic mass is 9.98. The summed E-state index contributed by atoms with van der Waals surface area (Å²) >= 11 is 12.1. The van der Waals surface area contributed by atoms with Crippen LogP contribution in [0.2, 0.25) is 10.0 Å². The third-order valence-electron chi connectivity index (χ3n) is 4.88. The van der Waals surface area contributed by atoms with Gasteiger partial charge in [-0.05, 0) is 22.3 Å². The summed E-state index contributed by atoms with van der Waals surface area (Å²) in [6.07, 6.45) is 6.08. The molecule has 1 heterocycles. The third-order valence-corrected chi connectivity index (χ3v) is 5.49. The van der Waals surface area contributed by atoms with Crippen molar-refractivity contribution in [3.8, 4) is 11.1 Å². The van der Waals surface area contributed by atoms with Crippen molar-refractivity contribution >= 4 is 35.4 Å². The average molecular weight is 425 g/mol. The average Bonchev–Trinajstić information content (AvgIpc) is 3.05. The number of pyridine rings is 1. The van der Waals surface area contributed by atoms with Gasteiger partial charge in [-0.3, -0.25) is 4.98 Å². The molecule has 1 aromatic heterocycles. The number of rotatable bonds is 5. The molecule has 0 fully saturated rings. The number of carbonyl (C=O) groups is 1. The Morgan fingerprint density at radius 2 is 1.59 bits per heavy atom. The summed E-state index contributed by atoms with van der Waals surface area (Å²) in [6, 6.07) is 16.5. The van der Waals surface area contributed by atoms with Crippen LogP contribution in [0.4, 0.5) is 4.79 Å². The molecule has 4 nitrogen and oxygen atoms in total. The van der Waals surface area contributed by atoms with Crippen molar-refractivity contribution in [3.05, 3.63) is 93.7 Å². The molecule has 1 aliphatic carbocycles. The van der Waals surface area contributed by atoms with Gasteiger partial charge in [-0.1, -0.05) is 83.9 Å². The molecule has 6 heteroatoms. The Morgan fingerprint density at radius 1 is 1.00 bits per heavy atom. The van der Waals surface area contributed by atoms with Gasteiger partial charge in [0.1, 0.15) is 6.61 Å². The minimum absolute atomic E-state index is 0.0399. The Balaban J connectivity index is 1.35. The largest absolute Gasteiger partial charge is 0.449 e. The number of alkyl carbamates (subject to hydrolysis) is 1. The number of fused-ring (bicyclic) bond motifs is 3. The maximum Gasteiger partial charge on any atom is 0.407 e. The molecule has 1 N–H and O–H groups in total. The highest BCUT2D eigenvalue weighted by Gasteiger charge is 2.28. The van der Waals surface area contributed by atoms with E-state index in [1.165, 1.54) is 34.6 Å². The van der Waals surface area contributed by atoms with E-state index in [2.05, 4.69) is 34.6 Å². The van der Waals surface area contributed by atoms with Gasteiger partial charge in [-0.2, -0.15) is 0 Å². The molecule has 0 bridgehead atoms. The van der Waals surface area contributed by atoms with Crippen molar-refractivity contribution in [1.29, 1.82) is 0 Å². The van der Waals surface area contributed by atoms with Gasteiger partial charge in [0.15, 0.2) is 0 Å². The van der Waals surface area contributed by atoms with Crippen molar-refractivity contribution in [3.63, 3.8) is 0 Å². The number of amides is 1. The number of nitrogens with zero attached hydrogens (tertiary/aromatic N) is 1. The first kappa shape index (κ1) is 19.5. The number of aromatic nitrogens is 1. The van der Waals surface area contributed by atoms with Gasteiger partial charge in [0, 0.05) is 30.4 Å². The van der Waals surface area contributed by atoms with E-state index in [4.69, 9.17) is 27.9 Å². The maximum atomic E-state index is 12.1. The SMILES string of the molecule is O=C(NCC=Cc1c(Cl)cncc1Cl)OCC1c2ccccc2-c2ccccc21. The van der Waals surface area contributed by atoms with Gasteiger partial charge in [-0.15, -0.1) is 0 Å². The fourth-order valence-corrected chi connectivity index (χ4v) is 4.04. The smallest absolute Gasteiger partial charge is 0.407 e. The quantitative estimate of drug-likeness (QED) is 0.551. The van der Waals surface area contributed by atoms with Gasteiger partial charge in [0.25, 0.3) is 0 Å². The van der Waals surface area contributed by atoms with Gasteiger partial charge < -0.3 is 10.1 Å². The molecule has 0 saturated heterocycles. The van der Waals surface area contributed by atoms with Crippen LogP contribution in [0.3, 0.4) is 0 Å². The first-order chi connectivity index (χ1) is 14.1. The van der Waals surface area contributed by atoms with Crippen molar-refractivity contribution in [2.75, 3.05) is 13.2 Å². The van der Waals surface area contributed by atoms with Crippen LogP contribution in [0, 0.1) is 0 Å². The summed E-state index contributed by atoms with van der Waals surface area (Å²) in [6.45, 7) is 0.581. The van der Waals surface area contributed by atoms with Gasteiger partial charge in [-0.25, -0.2) is 4.79 Å². The minimum Gasteiger partial charge on any atom is -0.449 e. The molecule has 3 aromatic rings. The summed E-state index contributed by atoms with van der Waals surface area (Å²) < 4.78 is 5.49. The second-order valence-electron chi connectivity index (χ2n) is 6.63. The van der Waals surface area contributed by atoms with E-state index in [-0.39, 0.29) is 12.5 Å². The fraction of sp³-hybridized carbons (Fsp3) is 0.130. The molecule has 1 amide bonds. The number of carbonyl (C=O) groups excluding carboxylic acids is 1. The molecular weight excluding hydrogens is 407 g/mol. The zero-order valence-corrected chi connectivity index (χ0v) is 17.0. The van der Waals surface area contributed by atoms with Crippen LogP contribution >= 0.6 is 23.2 Å². The van der Waals surface area contributed by atoms with E-state index < -0.39 is 6.09 Å². The molecule has 0 unspecified atom stereocenters. The Hall–Kier alpha value is -2.82. The molecule has 0 radical (unpaired) electrons. The van der Waals surface area contributed by atoms with E-state index in [0.29, 0.717) is 22.2 Å². The molecule has 4 rings (SSSR count). The summed E-state index contributed by atoms with van der Waals surface area (Å²) in [4.78, 5) is 16.0. The fourth-order valence-electron chi connectivity index (χ4n) is 3.55. The lowest BCUT2D eigenvalue weighted by Crippen LogP contribution is -2.26. The second kappa shape index (κ2) is 8.68. The van der Waals surface area contributed by atoms with Crippen LogP contribution in [0.1, 0.15) is 22.6 Å². The summed E-state index contributed by atoms with van der Waals surface area (Å²) in [5.74, 6) is 0.0399. The second-order valence-corrected chi connectivity index (χ2v) is 7.44. The first-order valence-electron chi connectivity index (χ1n) is 9.19. The molecule has 0 aliphatic heterocycles. The van der Waals surface area contributed by atoms with Crippen LogP contribution in [0.5, 0.6) is 0 Å². The molecule has 0 spiro atoms. The summed E-state index contributed by atoms with van der Waals surface area (Å²) in [5.41, 5.74) is 5.43. The summed E-state index contributed by atoms with van der Waals surface area (Å²) in [7, 11) is 0. The van der Waals surface area contributed by atoms with Crippen LogP contribution in [0.15, 0.2) is 67.0 Å². The number of nitrogens with one attached hydrogen (secondary N) is 1. The highest BCUT2D eigenvalue weighted by atomic mass is 35.5. The summed E-state index contributed by atoms with van der Waals surface area (Å²) in [5, 5.41) is 3.62. The van der Waals surface area contributed by atoms with Crippen molar-refractivity contribution < 1.29 is 9.53 Å². The lowest BCUT2D eigenvalue weighted by molar-refractivity contribution is 0.144. The van der Waals surface area contributed by atoms with E-state index in [1.807, 2.05) is 24.3 Å². The highest BCUT2D eigenvalue weighted by molar-refractivity contribution is 6.36. The van der Waals surface area contributed by atoms with E-state index in [1.54, 1.807) is 12.2 Å². The van der Waals surface area contributed by atoms with Crippen LogP contribution in [-0.2, 0) is 4.74 Å². The first-order valence-corrected chi connectivity index (χ1v) is 9.95. The normalized spacial score (nSPS) is 12.6. The predicted octanol–water partition coefficient (Wildman–Crippen LogP) is 5.94. The van der Waals surface area contributed by atoms with Crippen LogP contribution in [0.25, 0.3) is 17.2 Å². The molecule has 146 valence electrons. The van der Waals surface area contributed by atoms with Crippen molar-refractivity contribution in [2.45, 2.75) is 5.92 Å². The van der Waals surface area contributed by atoms with Gasteiger partial charge >= 0.3 is 6.09 Å². The van der Waals surface area contributed by atoms with Crippen molar-refractivity contribution in [1.82, 2.24) is 10.3 Å². The monoisotopic (exact) mass is 424 g/mol. The topological polar surface area (TPSA) is 51.2 Å². The van der Waals surface area contributed by atoms with Crippen LogP contribution in [-0.4, -0.2) is 24.2 Å². The highest BCUT2D eigenvalue weighted by Crippen LogP contribution is 2.44. The molecular formula is C23H18Cl2N2O2. The van der Waals surface area contributed by atoms with E-state index in [0.717, 1.165) is 0 Å². The van der Waals surface area contributed by atoms with Gasteiger partial charge in [0.2, 0.25) is 0 Å². The molecule has 0 atom stereocenters. The number of ether oxygens (including phenoxy) is 1. The Morgan fingerprint density at radius 3 is 2.21 bits per heavy atom. The Bertz CT molecular complexity index is 1020. The third kappa shape index (κ3) is 4.14. The molecule has 0 saturated carbocycles.